The fourth-order valence-electron chi connectivity index (χ4n) is 1.22. The maximum atomic E-state index is 5.43. The summed E-state index contributed by atoms with van der Waals surface area (Å²) in [5, 5.41) is 0. The van der Waals surface area contributed by atoms with E-state index in [0.717, 1.165) is 0 Å². The van der Waals surface area contributed by atoms with Gasteiger partial charge in [0, 0.05) is 21.3 Å². The first-order chi connectivity index (χ1) is 5.63. The van der Waals surface area contributed by atoms with Gasteiger partial charge in [-0.3, -0.25) is 0 Å². The Kier molecular flexibility index (Phi) is 5.46. The number of methoxy groups -OCH3 is 3. The molecule has 0 saturated heterocycles. The molecule has 0 spiro atoms. The van der Waals surface area contributed by atoms with Crippen LogP contribution in [0.3, 0.4) is 0 Å². The lowest BCUT2D eigenvalue weighted by molar-refractivity contribution is -0.129. The van der Waals surface area contributed by atoms with E-state index in [4.69, 9.17) is 14.2 Å². The maximum absolute atomic E-state index is 5.43. The van der Waals surface area contributed by atoms with Gasteiger partial charge >= 0.3 is 0 Å². The van der Waals surface area contributed by atoms with E-state index >= 15 is 0 Å². The van der Waals surface area contributed by atoms with Crippen molar-refractivity contribution < 1.29 is 14.2 Å². The van der Waals surface area contributed by atoms with Crippen LogP contribution in [0.25, 0.3) is 0 Å². The molecule has 0 radical (unpaired) electrons. The first kappa shape index (κ1) is 11.9. The highest BCUT2D eigenvalue weighted by Crippen LogP contribution is 2.21. The third-order valence-electron chi connectivity index (χ3n) is 2.24. The molecule has 3 nitrogen and oxygen atoms in total. The molecule has 0 aromatic carbocycles. The molecule has 74 valence electrons. The Hall–Kier alpha value is -0.120. The molecule has 0 aromatic heterocycles. The van der Waals surface area contributed by atoms with E-state index in [0.29, 0.717) is 19.1 Å². The molecule has 0 unspecified atom stereocenters. The Balaban J connectivity index is 4.28. The maximum Gasteiger partial charge on any atom is 0.116 e. The second kappa shape index (κ2) is 5.51. The van der Waals surface area contributed by atoms with E-state index in [1.807, 2.05) is 0 Å². The van der Waals surface area contributed by atoms with Crippen LogP contribution in [0.4, 0.5) is 0 Å². The van der Waals surface area contributed by atoms with E-state index in [2.05, 4.69) is 13.8 Å². The lowest BCUT2D eigenvalue weighted by Gasteiger charge is -2.34. The first-order valence-corrected chi connectivity index (χ1v) is 4.16. The van der Waals surface area contributed by atoms with Gasteiger partial charge in [0.25, 0.3) is 0 Å². The molecule has 0 aromatic rings. The third-order valence-corrected chi connectivity index (χ3v) is 2.24. The van der Waals surface area contributed by atoms with Crippen LogP contribution in [0.15, 0.2) is 0 Å². The lowest BCUT2D eigenvalue weighted by Crippen LogP contribution is -2.46. The minimum Gasteiger partial charge on any atom is -0.382 e. The summed E-state index contributed by atoms with van der Waals surface area (Å²) in [6.07, 6.45) is 0. The molecule has 0 rings (SSSR count). The van der Waals surface area contributed by atoms with Crippen molar-refractivity contribution in [3.05, 3.63) is 0 Å². The lowest BCUT2D eigenvalue weighted by atomic mass is 9.92. The number of hydrogen-bond donors (Lipinski definition) is 0. The topological polar surface area (TPSA) is 27.7 Å². The Morgan fingerprint density at radius 2 is 1.42 bits per heavy atom. The highest BCUT2D eigenvalue weighted by molar-refractivity contribution is 4.83. The zero-order valence-corrected chi connectivity index (χ0v) is 8.72. The van der Waals surface area contributed by atoms with Crippen LogP contribution in [0, 0.1) is 5.92 Å². The van der Waals surface area contributed by atoms with E-state index in [-0.39, 0.29) is 5.60 Å². The van der Waals surface area contributed by atoms with Gasteiger partial charge in [0.1, 0.15) is 5.60 Å². The number of rotatable bonds is 6. The highest BCUT2D eigenvalue weighted by atomic mass is 16.6. The number of hydrogen-bond acceptors (Lipinski definition) is 3. The fraction of sp³-hybridized carbons (Fsp3) is 1.00. The molecule has 0 fully saturated rings. The van der Waals surface area contributed by atoms with Crippen LogP contribution in [0.5, 0.6) is 0 Å². The van der Waals surface area contributed by atoms with Crippen molar-refractivity contribution in [1.82, 2.24) is 0 Å². The molecule has 0 aliphatic rings. The molecular weight excluding hydrogens is 156 g/mol. The van der Waals surface area contributed by atoms with Gasteiger partial charge < -0.3 is 14.2 Å². The summed E-state index contributed by atoms with van der Waals surface area (Å²) >= 11 is 0. The van der Waals surface area contributed by atoms with E-state index in [1.54, 1.807) is 21.3 Å². The summed E-state index contributed by atoms with van der Waals surface area (Å²) in [7, 11) is 5.04. The molecule has 12 heavy (non-hydrogen) atoms. The Bertz CT molecular complexity index is 106. The largest absolute Gasteiger partial charge is 0.382 e. The summed E-state index contributed by atoms with van der Waals surface area (Å²) in [6, 6.07) is 0. The van der Waals surface area contributed by atoms with Gasteiger partial charge in [0.15, 0.2) is 0 Å². The minimum absolute atomic E-state index is 0.302. The SMILES string of the molecule is COCC(COC)(OC)C(C)C. The van der Waals surface area contributed by atoms with Crippen molar-refractivity contribution in [2.45, 2.75) is 19.4 Å². The van der Waals surface area contributed by atoms with Crippen LogP contribution in [-0.4, -0.2) is 40.1 Å². The van der Waals surface area contributed by atoms with Crippen molar-refractivity contribution >= 4 is 0 Å². The van der Waals surface area contributed by atoms with Crippen LogP contribution in [-0.2, 0) is 14.2 Å². The second-order valence-corrected chi connectivity index (χ2v) is 3.29. The molecule has 0 heterocycles. The van der Waals surface area contributed by atoms with Crippen LogP contribution in [0.1, 0.15) is 13.8 Å². The van der Waals surface area contributed by atoms with Gasteiger partial charge in [0.2, 0.25) is 0 Å². The van der Waals surface area contributed by atoms with Crippen molar-refractivity contribution in [3.8, 4) is 0 Å². The van der Waals surface area contributed by atoms with Crippen molar-refractivity contribution in [1.29, 1.82) is 0 Å². The molecule has 3 heteroatoms. The Morgan fingerprint density at radius 3 is 1.58 bits per heavy atom. The average Bonchev–Trinajstić information content (AvgIpc) is 2.03. The summed E-state index contributed by atoms with van der Waals surface area (Å²) < 4.78 is 15.6. The molecule has 0 aliphatic heterocycles. The molecule has 0 saturated carbocycles. The summed E-state index contributed by atoms with van der Waals surface area (Å²) in [6.45, 7) is 5.33. The molecule has 0 amide bonds. The van der Waals surface area contributed by atoms with Crippen molar-refractivity contribution in [2.24, 2.45) is 5.92 Å². The van der Waals surface area contributed by atoms with Crippen molar-refractivity contribution in [3.63, 3.8) is 0 Å². The zero-order chi connectivity index (χ0) is 9.61. The van der Waals surface area contributed by atoms with Gasteiger partial charge in [-0.15, -0.1) is 0 Å². The van der Waals surface area contributed by atoms with Crippen LogP contribution < -0.4 is 0 Å². The molecular formula is C9H20O3. The van der Waals surface area contributed by atoms with E-state index in [1.165, 1.54) is 0 Å². The summed E-state index contributed by atoms with van der Waals surface area (Å²) in [5.74, 6) is 0.377. The van der Waals surface area contributed by atoms with E-state index < -0.39 is 0 Å². The Morgan fingerprint density at radius 1 is 1.00 bits per heavy atom. The number of ether oxygens (including phenoxy) is 3. The standard InChI is InChI=1S/C9H20O3/c1-8(2)9(12-5,6-10-3)7-11-4/h8H,6-7H2,1-5H3. The Labute approximate surface area is 75.0 Å². The normalized spacial score (nSPS) is 12.5. The summed E-state index contributed by atoms with van der Waals surface area (Å²) in [4.78, 5) is 0. The molecule has 0 bridgehead atoms. The predicted molar refractivity (Wildman–Crippen MR) is 48.3 cm³/mol. The average molecular weight is 176 g/mol. The van der Waals surface area contributed by atoms with Crippen LogP contribution >= 0.6 is 0 Å². The van der Waals surface area contributed by atoms with Crippen LogP contribution in [0.2, 0.25) is 0 Å². The fourth-order valence-corrected chi connectivity index (χ4v) is 1.22. The molecule has 0 atom stereocenters. The predicted octanol–water partition coefficient (Wildman–Crippen LogP) is 1.32. The zero-order valence-electron chi connectivity index (χ0n) is 8.72. The third kappa shape index (κ3) is 2.73. The van der Waals surface area contributed by atoms with Gasteiger partial charge in [-0.25, -0.2) is 0 Å². The van der Waals surface area contributed by atoms with Gasteiger partial charge in [-0.2, -0.15) is 0 Å². The quantitative estimate of drug-likeness (QED) is 0.611. The highest BCUT2D eigenvalue weighted by Gasteiger charge is 2.33. The second-order valence-electron chi connectivity index (χ2n) is 3.29. The van der Waals surface area contributed by atoms with E-state index in [9.17, 15) is 0 Å². The molecule has 0 aliphatic carbocycles. The van der Waals surface area contributed by atoms with Gasteiger partial charge in [-0.1, -0.05) is 13.8 Å². The summed E-state index contributed by atoms with van der Waals surface area (Å²) in [5.41, 5.74) is -0.302. The monoisotopic (exact) mass is 176 g/mol. The van der Waals surface area contributed by atoms with Gasteiger partial charge in [0.05, 0.1) is 13.2 Å². The minimum atomic E-state index is -0.302. The van der Waals surface area contributed by atoms with Crippen molar-refractivity contribution in [2.75, 3.05) is 34.5 Å². The smallest absolute Gasteiger partial charge is 0.116 e. The first-order valence-electron chi connectivity index (χ1n) is 4.16. The molecule has 0 N–H and O–H groups in total. The van der Waals surface area contributed by atoms with Gasteiger partial charge in [-0.05, 0) is 5.92 Å².